The van der Waals surface area contributed by atoms with Crippen molar-refractivity contribution in [1.29, 1.82) is 0 Å². The van der Waals surface area contributed by atoms with Crippen molar-refractivity contribution >= 4 is 18.3 Å². The average molecular weight is 475 g/mol. The Labute approximate surface area is 205 Å². The molecular formula is C27H39ClN2O3. The molecule has 0 spiro atoms. The van der Waals surface area contributed by atoms with E-state index in [0.717, 1.165) is 31.5 Å². The van der Waals surface area contributed by atoms with Crippen molar-refractivity contribution in [3.8, 4) is 11.5 Å². The maximum atomic E-state index is 12.6. The fourth-order valence-corrected chi connectivity index (χ4v) is 5.22. The molecule has 0 saturated carbocycles. The summed E-state index contributed by atoms with van der Waals surface area (Å²) in [4.78, 5) is 17.0. The standard InChI is InChI=1S/C27H38N2O3.ClH/c1-20-18-28(4)21(2)17-27(20,24-10-8-7-9-11-24)14-15-29(22(3)30)19-23-12-13-25(31-5)26(16-23)32-6;/h7-13,16,20-21H,14-15,17-19H2,1-6H3;1H. The average Bonchev–Trinajstić information content (AvgIpc) is 2.79. The van der Waals surface area contributed by atoms with Gasteiger partial charge in [-0.05, 0) is 56.0 Å². The molecular weight excluding hydrogens is 436 g/mol. The monoisotopic (exact) mass is 474 g/mol. The highest BCUT2D eigenvalue weighted by Crippen LogP contribution is 2.44. The van der Waals surface area contributed by atoms with Crippen LogP contribution in [0.5, 0.6) is 11.5 Å². The van der Waals surface area contributed by atoms with Gasteiger partial charge in [0.25, 0.3) is 0 Å². The normalized spacial score (nSPS) is 22.8. The van der Waals surface area contributed by atoms with Gasteiger partial charge < -0.3 is 19.3 Å². The van der Waals surface area contributed by atoms with Crippen LogP contribution in [0.25, 0.3) is 0 Å². The highest BCUT2D eigenvalue weighted by atomic mass is 35.5. The molecule has 1 saturated heterocycles. The third-order valence-electron chi connectivity index (χ3n) is 7.36. The van der Waals surface area contributed by atoms with Gasteiger partial charge in [0.15, 0.2) is 11.5 Å². The lowest BCUT2D eigenvalue weighted by molar-refractivity contribution is -0.129. The second-order valence-corrected chi connectivity index (χ2v) is 9.30. The van der Waals surface area contributed by atoms with Crippen LogP contribution in [-0.4, -0.2) is 56.1 Å². The topological polar surface area (TPSA) is 42.0 Å². The maximum absolute atomic E-state index is 12.6. The van der Waals surface area contributed by atoms with E-state index in [1.54, 1.807) is 21.1 Å². The number of benzene rings is 2. The van der Waals surface area contributed by atoms with Crippen LogP contribution in [-0.2, 0) is 16.8 Å². The molecule has 2 aromatic carbocycles. The van der Waals surface area contributed by atoms with E-state index in [1.807, 2.05) is 23.1 Å². The number of amides is 1. The zero-order chi connectivity index (χ0) is 23.3. The number of piperidine rings is 1. The summed E-state index contributed by atoms with van der Waals surface area (Å²) in [6.07, 6.45) is 2.04. The summed E-state index contributed by atoms with van der Waals surface area (Å²) in [6.45, 7) is 8.68. The smallest absolute Gasteiger partial charge is 0.219 e. The van der Waals surface area contributed by atoms with E-state index in [2.05, 4.69) is 56.1 Å². The summed E-state index contributed by atoms with van der Waals surface area (Å²) >= 11 is 0. The predicted molar refractivity (Wildman–Crippen MR) is 136 cm³/mol. The Morgan fingerprint density at radius 2 is 1.76 bits per heavy atom. The minimum atomic E-state index is 0. The number of likely N-dealkylation sites (tertiary alicyclic amines) is 1. The SMILES string of the molecule is COc1ccc(CN(CCC2(c3ccccc3)CC(C)N(C)CC2C)C(C)=O)cc1OC.Cl. The summed E-state index contributed by atoms with van der Waals surface area (Å²) in [7, 11) is 5.48. The third kappa shape index (κ3) is 6.01. The molecule has 0 N–H and O–H groups in total. The van der Waals surface area contributed by atoms with Crippen LogP contribution in [0.3, 0.4) is 0 Å². The molecule has 1 aliphatic rings. The van der Waals surface area contributed by atoms with Crippen LogP contribution in [0.4, 0.5) is 0 Å². The zero-order valence-corrected chi connectivity index (χ0v) is 21.7. The van der Waals surface area contributed by atoms with Crippen LogP contribution in [0.15, 0.2) is 48.5 Å². The molecule has 182 valence electrons. The summed E-state index contributed by atoms with van der Waals surface area (Å²) in [5.41, 5.74) is 2.48. The second-order valence-electron chi connectivity index (χ2n) is 9.30. The summed E-state index contributed by atoms with van der Waals surface area (Å²) in [5.74, 6) is 1.98. The fraction of sp³-hybridized carbons (Fsp3) is 0.519. The first-order valence-electron chi connectivity index (χ1n) is 11.5. The number of ether oxygens (including phenoxy) is 2. The molecule has 0 radical (unpaired) electrons. The summed E-state index contributed by atoms with van der Waals surface area (Å²) in [6, 6.07) is 17.3. The Kier molecular flexibility index (Phi) is 9.62. The molecule has 1 amide bonds. The van der Waals surface area contributed by atoms with Crippen molar-refractivity contribution in [2.24, 2.45) is 5.92 Å². The van der Waals surface area contributed by atoms with Gasteiger partial charge in [-0.25, -0.2) is 0 Å². The molecule has 3 atom stereocenters. The number of carbonyl (C=O) groups excluding carboxylic acids is 1. The van der Waals surface area contributed by atoms with Crippen molar-refractivity contribution in [2.45, 2.75) is 51.6 Å². The van der Waals surface area contributed by atoms with Gasteiger partial charge in [0.2, 0.25) is 5.91 Å². The van der Waals surface area contributed by atoms with Crippen LogP contribution < -0.4 is 9.47 Å². The lowest BCUT2D eigenvalue weighted by Gasteiger charge is -2.50. The molecule has 6 heteroatoms. The predicted octanol–water partition coefficient (Wildman–Crippen LogP) is 5.16. The van der Waals surface area contributed by atoms with Gasteiger partial charge in [-0.3, -0.25) is 4.79 Å². The number of rotatable bonds is 8. The van der Waals surface area contributed by atoms with Gasteiger partial charge in [0.1, 0.15) is 0 Å². The Hall–Kier alpha value is -2.24. The van der Waals surface area contributed by atoms with Crippen molar-refractivity contribution in [2.75, 3.05) is 34.4 Å². The fourth-order valence-electron chi connectivity index (χ4n) is 5.22. The van der Waals surface area contributed by atoms with Gasteiger partial charge in [-0.15, -0.1) is 12.4 Å². The Balaban J connectivity index is 0.00000385. The van der Waals surface area contributed by atoms with Crippen LogP contribution in [0, 0.1) is 5.92 Å². The van der Waals surface area contributed by atoms with Crippen LogP contribution >= 0.6 is 12.4 Å². The molecule has 3 rings (SSSR count). The van der Waals surface area contributed by atoms with E-state index < -0.39 is 0 Å². The summed E-state index contributed by atoms with van der Waals surface area (Å²) in [5, 5.41) is 0. The number of halogens is 1. The highest BCUT2D eigenvalue weighted by Gasteiger charge is 2.43. The molecule has 5 nitrogen and oxygen atoms in total. The molecule has 2 aromatic rings. The Bertz CT molecular complexity index is 907. The van der Waals surface area contributed by atoms with Gasteiger partial charge in [0.05, 0.1) is 14.2 Å². The highest BCUT2D eigenvalue weighted by molar-refractivity contribution is 5.85. The first-order valence-corrected chi connectivity index (χ1v) is 11.5. The van der Waals surface area contributed by atoms with Crippen molar-refractivity contribution in [3.63, 3.8) is 0 Å². The molecule has 1 fully saturated rings. The van der Waals surface area contributed by atoms with Crippen molar-refractivity contribution in [3.05, 3.63) is 59.7 Å². The van der Waals surface area contributed by atoms with E-state index in [1.165, 1.54) is 5.56 Å². The quantitative estimate of drug-likeness (QED) is 0.529. The first-order chi connectivity index (χ1) is 15.3. The van der Waals surface area contributed by atoms with Gasteiger partial charge in [-0.2, -0.15) is 0 Å². The number of methoxy groups -OCH3 is 2. The van der Waals surface area contributed by atoms with Crippen LogP contribution in [0.2, 0.25) is 0 Å². The zero-order valence-electron chi connectivity index (χ0n) is 20.8. The molecule has 0 bridgehead atoms. The number of nitrogens with zero attached hydrogens (tertiary/aromatic N) is 2. The van der Waals surface area contributed by atoms with E-state index in [0.29, 0.717) is 30.0 Å². The third-order valence-corrected chi connectivity index (χ3v) is 7.36. The molecule has 1 heterocycles. The molecule has 0 aliphatic carbocycles. The molecule has 0 aromatic heterocycles. The second kappa shape index (κ2) is 11.8. The minimum absolute atomic E-state index is 0. The van der Waals surface area contributed by atoms with Gasteiger partial charge in [0, 0.05) is 38.0 Å². The van der Waals surface area contributed by atoms with E-state index in [4.69, 9.17) is 9.47 Å². The van der Waals surface area contributed by atoms with Crippen molar-refractivity contribution in [1.82, 2.24) is 9.80 Å². The Morgan fingerprint density at radius 1 is 1.09 bits per heavy atom. The minimum Gasteiger partial charge on any atom is -0.493 e. The number of hydrogen-bond acceptors (Lipinski definition) is 4. The molecule has 33 heavy (non-hydrogen) atoms. The molecule has 3 unspecified atom stereocenters. The van der Waals surface area contributed by atoms with Crippen molar-refractivity contribution < 1.29 is 14.3 Å². The largest absolute Gasteiger partial charge is 0.493 e. The Morgan fingerprint density at radius 3 is 2.36 bits per heavy atom. The van der Waals surface area contributed by atoms with E-state index in [-0.39, 0.29) is 23.7 Å². The summed E-state index contributed by atoms with van der Waals surface area (Å²) < 4.78 is 10.8. The van der Waals surface area contributed by atoms with Crippen LogP contribution in [0.1, 0.15) is 44.7 Å². The lowest BCUT2D eigenvalue weighted by atomic mass is 9.63. The number of carbonyl (C=O) groups is 1. The van der Waals surface area contributed by atoms with Gasteiger partial charge >= 0.3 is 0 Å². The van der Waals surface area contributed by atoms with Gasteiger partial charge in [-0.1, -0.05) is 43.3 Å². The van der Waals surface area contributed by atoms with E-state index in [9.17, 15) is 4.79 Å². The maximum Gasteiger partial charge on any atom is 0.219 e. The van der Waals surface area contributed by atoms with E-state index >= 15 is 0 Å². The first kappa shape index (κ1) is 27.0. The number of hydrogen-bond donors (Lipinski definition) is 0. The molecule has 1 aliphatic heterocycles. The lowest BCUT2D eigenvalue weighted by Crippen LogP contribution is -2.52.